The van der Waals surface area contributed by atoms with Crippen molar-refractivity contribution in [2.75, 3.05) is 5.32 Å². The molecule has 4 rings (SSSR count). The predicted octanol–water partition coefficient (Wildman–Crippen LogP) is 4.46. The third-order valence-corrected chi connectivity index (χ3v) is 5.65. The van der Waals surface area contributed by atoms with Crippen LogP contribution in [0.4, 0.5) is 5.69 Å². The van der Waals surface area contributed by atoms with Gasteiger partial charge in [-0.15, -0.1) is 16.3 Å². The second-order valence-corrected chi connectivity index (χ2v) is 7.92. The maximum absolute atomic E-state index is 12.4. The fraction of sp³-hybridized carbons (Fsp3) is 0.174. The normalized spacial score (nSPS) is 11.0. The van der Waals surface area contributed by atoms with Crippen molar-refractivity contribution in [2.24, 2.45) is 0 Å². The van der Waals surface area contributed by atoms with Gasteiger partial charge in [-0.25, -0.2) is 4.98 Å². The van der Waals surface area contributed by atoms with E-state index in [1.807, 2.05) is 54.6 Å². The summed E-state index contributed by atoms with van der Waals surface area (Å²) in [6.07, 6.45) is 1.11. The van der Waals surface area contributed by atoms with Crippen molar-refractivity contribution in [1.29, 1.82) is 0 Å². The Kier molecular flexibility index (Phi) is 5.99. The summed E-state index contributed by atoms with van der Waals surface area (Å²) in [6, 6.07) is 20.8. The Bertz CT molecular complexity index is 1230. The number of amides is 1. The number of nitrogens with zero attached hydrogens (tertiary/aromatic N) is 2. The summed E-state index contributed by atoms with van der Waals surface area (Å²) in [5, 5.41) is 3.00. The molecule has 6 nitrogen and oxygen atoms in total. The molecule has 2 heterocycles. The van der Waals surface area contributed by atoms with Crippen LogP contribution in [0.2, 0.25) is 0 Å². The fourth-order valence-electron chi connectivity index (χ4n) is 3.11. The van der Waals surface area contributed by atoms with Crippen LogP contribution in [-0.4, -0.2) is 15.5 Å². The maximum Gasteiger partial charge on any atom is 0.287 e. The second-order valence-electron chi connectivity index (χ2n) is 6.90. The standard InChI is InChI=1S/C23H21N3O3S/c1-16-13-21-24-18(14-23(28)26(21)29-16)15-30-20-10-6-5-9-19(20)25-22(27)12-11-17-7-3-2-4-8-17/h2-10,13-14H,11-12,15H2,1H3,(H,25,27). The van der Waals surface area contributed by atoms with Crippen LogP contribution in [0.3, 0.4) is 0 Å². The van der Waals surface area contributed by atoms with E-state index in [0.717, 1.165) is 16.1 Å². The molecule has 1 amide bonds. The van der Waals surface area contributed by atoms with Crippen molar-refractivity contribution in [3.05, 3.63) is 94.1 Å². The summed E-state index contributed by atoms with van der Waals surface area (Å²) in [7, 11) is 0. The number of hydrogen-bond acceptors (Lipinski definition) is 5. The van der Waals surface area contributed by atoms with Gasteiger partial charge >= 0.3 is 0 Å². The van der Waals surface area contributed by atoms with Gasteiger partial charge in [-0.05, 0) is 31.0 Å². The van der Waals surface area contributed by atoms with Gasteiger partial charge in [0.2, 0.25) is 5.91 Å². The third-order valence-electron chi connectivity index (χ3n) is 4.54. The number of nitrogens with one attached hydrogen (secondary N) is 1. The summed E-state index contributed by atoms with van der Waals surface area (Å²) in [5.74, 6) is 1.11. The van der Waals surface area contributed by atoms with Gasteiger partial charge in [-0.3, -0.25) is 9.59 Å². The van der Waals surface area contributed by atoms with Crippen molar-refractivity contribution < 1.29 is 9.32 Å². The Morgan fingerprint density at radius 2 is 1.87 bits per heavy atom. The van der Waals surface area contributed by atoms with Gasteiger partial charge in [0, 0.05) is 29.2 Å². The number of para-hydroxylation sites is 1. The molecule has 152 valence electrons. The summed E-state index contributed by atoms with van der Waals surface area (Å²) in [4.78, 5) is 30.0. The summed E-state index contributed by atoms with van der Waals surface area (Å²) >= 11 is 1.52. The minimum absolute atomic E-state index is 0.0291. The first-order chi connectivity index (χ1) is 14.6. The van der Waals surface area contributed by atoms with Crippen molar-refractivity contribution in [3.8, 4) is 0 Å². The minimum atomic E-state index is -0.244. The molecule has 0 aliphatic carbocycles. The zero-order valence-electron chi connectivity index (χ0n) is 16.5. The molecule has 0 bridgehead atoms. The van der Waals surface area contributed by atoms with Gasteiger partial charge in [0.25, 0.3) is 5.56 Å². The molecule has 0 atom stereocenters. The number of aromatic nitrogens is 2. The van der Waals surface area contributed by atoms with Gasteiger partial charge < -0.3 is 9.84 Å². The highest BCUT2D eigenvalue weighted by atomic mass is 32.2. The third kappa shape index (κ3) is 4.80. The van der Waals surface area contributed by atoms with Gasteiger partial charge in [0.05, 0.1) is 11.4 Å². The van der Waals surface area contributed by atoms with E-state index in [9.17, 15) is 9.59 Å². The molecule has 0 spiro atoms. The summed E-state index contributed by atoms with van der Waals surface area (Å²) < 4.78 is 6.51. The highest BCUT2D eigenvalue weighted by molar-refractivity contribution is 7.98. The number of thioether (sulfide) groups is 1. The van der Waals surface area contributed by atoms with E-state index >= 15 is 0 Å². The Hall–Kier alpha value is -3.32. The average Bonchev–Trinajstić information content (AvgIpc) is 3.13. The fourth-order valence-corrected chi connectivity index (χ4v) is 4.01. The van der Waals surface area contributed by atoms with E-state index in [0.29, 0.717) is 35.7 Å². The largest absolute Gasteiger partial charge is 0.375 e. The SMILES string of the molecule is Cc1cc2nc(CSc3ccccc3NC(=O)CCc3ccccc3)cc(=O)n2o1. The predicted molar refractivity (Wildman–Crippen MR) is 118 cm³/mol. The number of fused-ring (bicyclic) bond motifs is 1. The number of rotatable bonds is 7. The molecule has 0 aliphatic heterocycles. The minimum Gasteiger partial charge on any atom is -0.375 e. The van der Waals surface area contributed by atoms with Crippen LogP contribution in [0.1, 0.15) is 23.4 Å². The molecule has 0 aliphatic rings. The lowest BCUT2D eigenvalue weighted by Gasteiger charge is -2.11. The Labute approximate surface area is 177 Å². The maximum atomic E-state index is 12.4. The lowest BCUT2D eigenvalue weighted by Crippen LogP contribution is -2.13. The van der Waals surface area contributed by atoms with E-state index in [1.165, 1.54) is 22.4 Å². The van der Waals surface area contributed by atoms with Gasteiger partial charge in [-0.1, -0.05) is 42.5 Å². The van der Waals surface area contributed by atoms with E-state index < -0.39 is 0 Å². The molecule has 30 heavy (non-hydrogen) atoms. The topological polar surface area (TPSA) is 76.6 Å². The van der Waals surface area contributed by atoms with Crippen LogP contribution >= 0.6 is 11.8 Å². The number of hydrogen-bond donors (Lipinski definition) is 1. The number of carbonyl (C=O) groups is 1. The number of benzene rings is 2. The van der Waals surface area contributed by atoms with Gasteiger partial charge in [0.15, 0.2) is 5.65 Å². The van der Waals surface area contributed by atoms with E-state index in [-0.39, 0.29) is 11.5 Å². The molecule has 4 aromatic rings. The molecule has 0 unspecified atom stereocenters. The van der Waals surface area contributed by atoms with E-state index in [4.69, 9.17) is 4.52 Å². The quantitative estimate of drug-likeness (QED) is 0.448. The van der Waals surface area contributed by atoms with E-state index in [2.05, 4.69) is 10.3 Å². The van der Waals surface area contributed by atoms with E-state index in [1.54, 1.807) is 13.0 Å². The molecule has 0 radical (unpaired) electrons. The number of carbonyl (C=O) groups excluding carboxylic acids is 1. The lowest BCUT2D eigenvalue weighted by molar-refractivity contribution is -0.116. The summed E-state index contributed by atoms with van der Waals surface area (Å²) in [5.41, 5.74) is 2.82. The molecular formula is C23H21N3O3S. The lowest BCUT2D eigenvalue weighted by atomic mass is 10.1. The molecule has 0 fully saturated rings. The van der Waals surface area contributed by atoms with Crippen molar-refractivity contribution in [3.63, 3.8) is 0 Å². The molecule has 1 N–H and O–H groups in total. The Morgan fingerprint density at radius 3 is 2.70 bits per heavy atom. The average molecular weight is 420 g/mol. The van der Waals surface area contributed by atoms with Crippen LogP contribution in [0.15, 0.2) is 80.9 Å². The molecule has 0 saturated heterocycles. The van der Waals surface area contributed by atoms with Crippen LogP contribution in [0, 0.1) is 6.92 Å². The number of aryl methyl sites for hydroxylation is 2. The van der Waals surface area contributed by atoms with Crippen LogP contribution in [-0.2, 0) is 17.0 Å². The molecular weight excluding hydrogens is 398 g/mol. The van der Waals surface area contributed by atoms with Crippen molar-refractivity contribution in [2.45, 2.75) is 30.4 Å². The first kappa shape index (κ1) is 20.0. The van der Waals surface area contributed by atoms with Gasteiger partial charge in [0.1, 0.15) is 5.76 Å². The first-order valence-electron chi connectivity index (χ1n) is 9.64. The zero-order chi connectivity index (χ0) is 20.9. The van der Waals surface area contributed by atoms with Gasteiger partial charge in [-0.2, -0.15) is 0 Å². The number of anilines is 1. The highest BCUT2D eigenvalue weighted by Crippen LogP contribution is 2.29. The monoisotopic (exact) mass is 419 g/mol. The smallest absolute Gasteiger partial charge is 0.287 e. The molecule has 2 aromatic heterocycles. The van der Waals surface area contributed by atoms with Crippen LogP contribution < -0.4 is 10.9 Å². The van der Waals surface area contributed by atoms with Crippen LogP contribution in [0.25, 0.3) is 5.65 Å². The van der Waals surface area contributed by atoms with Crippen molar-refractivity contribution in [1.82, 2.24) is 9.56 Å². The second kappa shape index (κ2) is 9.00. The molecule has 7 heteroatoms. The molecule has 0 saturated carbocycles. The van der Waals surface area contributed by atoms with Crippen LogP contribution in [0.5, 0.6) is 0 Å². The Balaban J connectivity index is 1.42. The first-order valence-corrected chi connectivity index (χ1v) is 10.6. The molecule has 2 aromatic carbocycles. The van der Waals surface area contributed by atoms with Crippen molar-refractivity contribution >= 4 is 29.0 Å². The summed E-state index contributed by atoms with van der Waals surface area (Å²) in [6.45, 7) is 1.78. The Morgan fingerprint density at radius 1 is 1.10 bits per heavy atom. The zero-order valence-corrected chi connectivity index (χ0v) is 17.3. The highest BCUT2D eigenvalue weighted by Gasteiger charge is 2.10.